The number of nitrogens with one attached hydrogen (secondary N) is 2. The first-order valence-corrected chi connectivity index (χ1v) is 9.27. The van der Waals surface area contributed by atoms with Crippen molar-refractivity contribution in [3.63, 3.8) is 0 Å². The summed E-state index contributed by atoms with van der Waals surface area (Å²) in [5.74, 6) is -1.01. The first kappa shape index (κ1) is 21.6. The molecule has 2 amide bonds. The maximum atomic E-state index is 13.2. The Morgan fingerprint density at radius 2 is 1.76 bits per heavy atom. The Kier molecular flexibility index (Phi) is 9.06. The summed E-state index contributed by atoms with van der Waals surface area (Å²) in [6, 6.07) is 4.74. The lowest BCUT2D eigenvalue weighted by Gasteiger charge is -2.30. The standard InChI is InChI=1S/C18H27BrFN3O2/c1-12(2)23(13(3)4)10-9-21-17(24)7-8-22-18(25)15-11-14(20)5-6-16(15)19/h5-6,11-13H,7-10H2,1-4H3,(H,21,24)(H,22,25). The molecule has 0 bridgehead atoms. The van der Waals surface area contributed by atoms with Gasteiger partial charge in [-0.25, -0.2) is 4.39 Å². The summed E-state index contributed by atoms with van der Waals surface area (Å²) < 4.78 is 13.7. The molecule has 1 aromatic rings. The molecule has 2 N–H and O–H groups in total. The quantitative estimate of drug-likeness (QED) is 0.651. The second kappa shape index (κ2) is 10.5. The Balaban J connectivity index is 2.33. The fourth-order valence-electron chi connectivity index (χ4n) is 2.58. The zero-order valence-corrected chi connectivity index (χ0v) is 16.8. The summed E-state index contributed by atoms with van der Waals surface area (Å²) in [5.41, 5.74) is 0.213. The number of hydrogen-bond acceptors (Lipinski definition) is 3. The Morgan fingerprint density at radius 3 is 2.36 bits per heavy atom. The molecule has 140 valence electrons. The van der Waals surface area contributed by atoms with Crippen LogP contribution in [0.5, 0.6) is 0 Å². The number of carbonyl (C=O) groups excluding carboxylic acids is 2. The largest absolute Gasteiger partial charge is 0.355 e. The minimum Gasteiger partial charge on any atom is -0.355 e. The van der Waals surface area contributed by atoms with Crippen molar-refractivity contribution in [2.45, 2.75) is 46.2 Å². The zero-order chi connectivity index (χ0) is 19.0. The predicted octanol–water partition coefficient (Wildman–Crippen LogP) is 2.94. The minimum atomic E-state index is -0.481. The molecule has 0 unspecified atom stereocenters. The minimum absolute atomic E-state index is 0.119. The van der Waals surface area contributed by atoms with Gasteiger partial charge in [-0.1, -0.05) is 0 Å². The molecule has 0 aliphatic rings. The summed E-state index contributed by atoms with van der Waals surface area (Å²) in [5, 5.41) is 5.48. The monoisotopic (exact) mass is 415 g/mol. The molecule has 1 rings (SSSR count). The van der Waals surface area contributed by atoms with Crippen molar-refractivity contribution in [3.05, 3.63) is 34.1 Å². The number of rotatable bonds is 9. The van der Waals surface area contributed by atoms with Crippen molar-refractivity contribution in [2.75, 3.05) is 19.6 Å². The Labute approximate surface area is 157 Å². The summed E-state index contributed by atoms with van der Waals surface area (Å²) in [4.78, 5) is 26.2. The highest BCUT2D eigenvalue weighted by Crippen LogP contribution is 2.17. The van der Waals surface area contributed by atoms with Crippen LogP contribution in [0.3, 0.4) is 0 Å². The van der Waals surface area contributed by atoms with Crippen LogP contribution >= 0.6 is 15.9 Å². The first-order chi connectivity index (χ1) is 11.7. The van der Waals surface area contributed by atoms with E-state index >= 15 is 0 Å². The zero-order valence-electron chi connectivity index (χ0n) is 15.2. The van der Waals surface area contributed by atoms with E-state index in [-0.39, 0.29) is 24.4 Å². The highest BCUT2D eigenvalue weighted by atomic mass is 79.9. The molecule has 0 aliphatic heterocycles. The first-order valence-electron chi connectivity index (χ1n) is 8.48. The summed E-state index contributed by atoms with van der Waals surface area (Å²) in [7, 11) is 0. The third-order valence-electron chi connectivity index (χ3n) is 3.83. The Morgan fingerprint density at radius 1 is 1.12 bits per heavy atom. The molecule has 0 saturated heterocycles. The van der Waals surface area contributed by atoms with Crippen LogP contribution in [0.25, 0.3) is 0 Å². The highest BCUT2D eigenvalue weighted by Gasteiger charge is 2.14. The van der Waals surface area contributed by atoms with E-state index in [0.29, 0.717) is 23.1 Å². The van der Waals surface area contributed by atoms with E-state index in [0.717, 1.165) is 12.6 Å². The third kappa shape index (κ3) is 7.52. The molecule has 0 atom stereocenters. The molecular formula is C18H27BrFN3O2. The lowest BCUT2D eigenvalue weighted by atomic mass is 10.2. The van der Waals surface area contributed by atoms with Crippen molar-refractivity contribution in [3.8, 4) is 0 Å². The van der Waals surface area contributed by atoms with Crippen molar-refractivity contribution in [2.24, 2.45) is 0 Å². The topological polar surface area (TPSA) is 61.4 Å². The normalized spacial score (nSPS) is 11.2. The van der Waals surface area contributed by atoms with Gasteiger partial charge in [0.15, 0.2) is 0 Å². The van der Waals surface area contributed by atoms with Gasteiger partial charge >= 0.3 is 0 Å². The van der Waals surface area contributed by atoms with E-state index < -0.39 is 11.7 Å². The lowest BCUT2D eigenvalue weighted by molar-refractivity contribution is -0.121. The third-order valence-corrected chi connectivity index (χ3v) is 4.52. The van der Waals surface area contributed by atoms with E-state index in [9.17, 15) is 14.0 Å². The molecule has 0 spiro atoms. The van der Waals surface area contributed by atoms with Crippen LogP contribution in [0.15, 0.2) is 22.7 Å². The van der Waals surface area contributed by atoms with Crippen LogP contribution in [-0.2, 0) is 4.79 Å². The molecule has 25 heavy (non-hydrogen) atoms. The van der Waals surface area contributed by atoms with Gasteiger partial charge in [0, 0.05) is 42.6 Å². The molecule has 1 aromatic carbocycles. The van der Waals surface area contributed by atoms with Crippen LogP contribution in [0.2, 0.25) is 0 Å². The van der Waals surface area contributed by atoms with E-state index in [1.54, 1.807) is 0 Å². The van der Waals surface area contributed by atoms with Crippen LogP contribution in [0, 0.1) is 5.82 Å². The van der Waals surface area contributed by atoms with Gasteiger partial charge in [0.1, 0.15) is 5.82 Å². The molecule has 7 heteroatoms. The Bertz CT molecular complexity index is 586. The van der Waals surface area contributed by atoms with E-state index in [1.807, 2.05) is 0 Å². The van der Waals surface area contributed by atoms with E-state index in [2.05, 4.69) is 59.2 Å². The molecular weight excluding hydrogens is 389 g/mol. The molecule has 0 radical (unpaired) electrons. The van der Waals surface area contributed by atoms with Crippen molar-refractivity contribution in [1.29, 1.82) is 0 Å². The summed E-state index contributed by atoms with van der Waals surface area (Å²) >= 11 is 3.21. The smallest absolute Gasteiger partial charge is 0.252 e. The van der Waals surface area contributed by atoms with Gasteiger partial charge in [0.25, 0.3) is 5.91 Å². The summed E-state index contributed by atoms with van der Waals surface area (Å²) in [6.45, 7) is 10.1. The number of amides is 2. The molecule has 0 fully saturated rings. The second-order valence-electron chi connectivity index (χ2n) is 6.41. The fraction of sp³-hybridized carbons (Fsp3) is 0.556. The fourth-order valence-corrected chi connectivity index (χ4v) is 3.01. The number of halogens is 2. The van der Waals surface area contributed by atoms with Gasteiger partial charge in [-0.15, -0.1) is 0 Å². The van der Waals surface area contributed by atoms with Crippen LogP contribution in [-0.4, -0.2) is 48.4 Å². The van der Waals surface area contributed by atoms with Crippen LogP contribution < -0.4 is 10.6 Å². The lowest BCUT2D eigenvalue weighted by Crippen LogP contribution is -2.42. The second-order valence-corrected chi connectivity index (χ2v) is 7.26. The van der Waals surface area contributed by atoms with Crippen LogP contribution in [0.4, 0.5) is 4.39 Å². The molecule has 0 heterocycles. The highest BCUT2D eigenvalue weighted by molar-refractivity contribution is 9.10. The maximum absolute atomic E-state index is 13.2. The van der Waals surface area contributed by atoms with Gasteiger partial charge in [0.2, 0.25) is 5.91 Å². The molecule has 0 aromatic heterocycles. The van der Waals surface area contributed by atoms with E-state index in [4.69, 9.17) is 0 Å². The molecule has 0 aliphatic carbocycles. The van der Waals surface area contributed by atoms with Gasteiger partial charge < -0.3 is 10.6 Å². The average molecular weight is 416 g/mol. The average Bonchev–Trinajstić information content (AvgIpc) is 2.52. The Hall–Kier alpha value is -1.47. The van der Waals surface area contributed by atoms with Gasteiger partial charge in [-0.2, -0.15) is 0 Å². The van der Waals surface area contributed by atoms with Crippen LogP contribution in [0.1, 0.15) is 44.5 Å². The maximum Gasteiger partial charge on any atom is 0.252 e. The van der Waals surface area contributed by atoms with Crippen molar-refractivity contribution in [1.82, 2.24) is 15.5 Å². The van der Waals surface area contributed by atoms with Gasteiger partial charge in [0.05, 0.1) is 5.56 Å². The number of carbonyl (C=O) groups is 2. The number of hydrogen-bond donors (Lipinski definition) is 2. The number of benzene rings is 1. The van der Waals surface area contributed by atoms with Gasteiger partial charge in [-0.05, 0) is 61.8 Å². The molecule has 0 saturated carbocycles. The number of nitrogens with zero attached hydrogens (tertiary/aromatic N) is 1. The van der Waals surface area contributed by atoms with E-state index in [1.165, 1.54) is 12.1 Å². The van der Waals surface area contributed by atoms with Crippen molar-refractivity contribution < 1.29 is 14.0 Å². The van der Waals surface area contributed by atoms with Gasteiger partial charge in [-0.3, -0.25) is 14.5 Å². The predicted molar refractivity (Wildman–Crippen MR) is 101 cm³/mol. The SMILES string of the molecule is CC(C)N(CCNC(=O)CCNC(=O)c1cc(F)ccc1Br)C(C)C. The summed E-state index contributed by atoms with van der Waals surface area (Å²) in [6.07, 6.45) is 0.183. The molecule has 5 nitrogen and oxygen atoms in total. The van der Waals surface area contributed by atoms with Crippen molar-refractivity contribution >= 4 is 27.7 Å².